The van der Waals surface area contributed by atoms with E-state index >= 15 is 0 Å². The zero-order chi connectivity index (χ0) is 9.84. The number of halogens is 2. The fourth-order valence-corrected chi connectivity index (χ4v) is 2.00. The summed E-state index contributed by atoms with van der Waals surface area (Å²) in [5.74, 6) is 0.284. The molecule has 72 valence electrons. The maximum atomic E-state index is 11.0. The number of hydrogen-bond donors (Lipinski definition) is 0. The molecule has 13 heavy (non-hydrogen) atoms. The molecule has 0 heterocycles. The average Bonchev–Trinajstić information content (AvgIpc) is 2.09. The van der Waals surface area contributed by atoms with Gasteiger partial charge in [0.2, 0.25) is 0 Å². The fraction of sp³-hybridized carbons (Fsp3) is 0.250. The molecule has 0 amide bonds. The summed E-state index contributed by atoms with van der Waals surface area (Å²) < 4.78 is 15.6. The standard InChI is InChI=1S/C8H8Cl2O2S/c1-12-13(11)5-6-2-3-7(9)4-8(6)10/h2-4H,5H2,1H3. The molecule has 0 fully saturated rings. The molecule has 5 heteroatoms. The van der Waals surface area contributed by atoms with Gasteiger partial charge in [-0.2, -0.15) is 0 Å². The van der Waals surface area contributed by atoms with E-state index in [9.17, 15) is 4.21 Å². The Morgan fingerprint density at radius 2 is 2.15 bits per heavy atom. The van der Waals surface area contributed by atoms with Gasteiger partial charge in [-0.25, -0.2) is 4.21 Å². The molecule has 0 aliphatic rings. The van der Waals surface area contributed by atoms with Crippen LogP contribution < -0.4 is 0 Å². The van der Waals surface area contributed by atoms with Crippen LogP contribution in [0.3, 0.4) is 0 Å². The van der Waals surface area contributed by atoms with Gasteiger partial charge in [0.25, 0.3) is 0 Å². The minimum Gasteiger partial charge on any atom is -0.294 e. The fourth-order valence-electron chi connectivity index (χ4n) is 0.825. The lowest BCUT2D eigenvalue weighted by Crippen LogP contribution is -1.97. The molecule has 2 nitrogen and oxygen atoms in total. The van der Waals surface area contributed by atoms with Crippen molar-refractivity contribution in [1.82, 2.24) is 0 Å². The third-order valence-electron chi connectivity index (χ3n) is 1.47. The second kappa shape index (κ2) is 4.96. The van der Waals surface area contributed by atoms with Crippen LogP contribution in [0.4, 0.5) is 0 Å². The molecule has 1 unspecified atom stereocenters. The van der Waals surface area contributed by atoms with Crippen LogP contribution in [0.2, 0.25) is 10.0 Å². The van der Waals surface area contributed by atoms with E-state index in [0.717, 1.165) is 5.56 Å². The predicted molar refractivity (Wildman–Crippen MR) is 55.3 cm³/mol. The summed E-state index contributed by atoms with van der Waals surface area (Å²) in [4.78, 5) is 0. The van der Waals surface area contributed by atoms with Crippen LogP contribution in [0.15, 0.2) is 18.2 Å². The Balaban J connectivity index is 2.83. The second-order valence-corrected chi connectivity index (χ2v) is 4.42. The Hall–Kier alpha value is -0.0900. The summed E-state index contributed by atoms with van der Waals surface area (Å²) in [6, 6.07) is 5.06. The van der Waals surface area contributed by atoms with Gasteiger partial charge in [-0.3, -0.25) is 4.18 Å². The molecule has 1 rings (SSSR count). The monoisotopic (exact) mass is 238 g/mol. The van der Waals surface area contributed by atoms with Gasteiger partial charge in [0.05, 0.1) is 12.9 Å². The maximum absolute atomic E-state index is 11.0. The topological polar surface area (TPSA) is 26.3 Å². The Bertz CT molecular complexity index is 328. The quantitative estimate of drug-likeness (QED) is 0.810. The van der Waals surface area contributed by atoms with Gasteiger partial charge in [-0.05, 0) is 17.7 Å². The van der Waals surface area contributed by atoms with Gasteiger partial charge < -0.3 is 0 Å². The van der Waals surface area contributed by atoms with Crippen LogP contribution in [0.25, 0.3) is 0 Å². The van der Waals surface area contributed by atoms with Crippen molar-refractivity contribution in [3.05, 3.63) is 33.8 Å². The van der Waals surface area contributed by atoms with Gasteiger partial charge in [0, 0.05) is 10.0 Å². The molecule has 0 spiro atoms. The van der Waals surface area contributed by atoms with Crippen LogP contribution >= 0.6 is 23.2 Å². The van der Waals surface area contributed by atoms with Gasteiger partial charge in [0.15, 0.2) is 11.1 Å². The first-order chi connectivity index (χ1) is 6.13. The average molecular weight is 239 g/mol. The van der Waals surface area contributed by atoms with E-state index in [1.807, 2.05) is 0 Å². The molecule has 1 aromatic carbocycles. The summed E-state index contributed by atoms with van der Waals surface area (Å²) >= 11 is 10.2. The van der Waals surface area contributed by atoms with Crippen molar-refractivity contribution >= 4 is 34.3 Å². The first-order valence-electron chi connectivity index (χ1n) is 3.50. The Morgan fingerprint density at radius 3 is 2.69 bits per heavy atom. The molecule has 0 saturated carbocycles. The van der Waals surface area contributed by atoms with Gasteiger partial charge in [-0.15, -0.1) is 0 Å². The smallest absolute Gasteiger partial charge is 0.159 e. The molecular formula is C8H8Cl2O2S. The van der Waals surface area contributed by atoms with Crippen LogP contribution in [0.5, 0.6) is 0 Å². The van der Waals surface area contributed by atoms with Crippen molar-refractivity contribution < 1.29 is 8.39 Å². The lowest BCUT2D eigenvalue weighted by molar-refractivity contribution is 0.445. The Morgan fingerprint density at radius 1 is 1.46 bits per heavy atom. The van der Waals surface area contributed by atoms with Gasteiger partial charge in [0.1, 0.15) is 0 Å². The zero-order valence-electron chi connectivity index (χ0n) is 6.92. The highest BCUT2D eigenvalue weighted by molar-refractivity contribution is 7.79. The van der Waals surface area contributed by atoms with Crippen molar-refractivity contribution in [3.63, 3.8) is 0 Å². The van der Waals surface area contributed by atoms with E-state index in [-0.39, 0.29) is 5.75 Å². The first kappa shape index (κ1) is 11.0. The normalized spacial score (nSPS) is 12.8. The number of rotatable bonds is 3. The molecule has 0 radical (unpaired) electrons. The largest absolute Gasteiger partial charge is 0.294 e. The predicted octanol–water partition coefficient (Wildman–Crippen LogP) is 2.80. The minimum absolute atomic E-state index is 0.284. The van der Waals surface area contributed by atoms with Crippen molar-refractivity contribution in [2.24, 2.45) is 0 Å². The third-order valence-corrected chi connectivity index (χ3v) is 2.98. The molecule has 1 atom stereocenters. The van der Waals surface area contributed by atoms with Crippen LogP contribution in [0.1, 0.15) is 5.56 Å². The van der Waals surface area contributed by atoms with E-state index in [0.29, 0.717) is 10.0 Å². The molecule has 1 aromatic rings. The number of benzene rings is 1. The van der Waals surface area contributed by atoms with Crippen LogP contribution in [0, 0.1) is 0 Å². The summed E-state index contributed by atoms with van der Waals surface area (Å²) in [7, 11) is 1.39. The highest BCUT2D eigenvalue weighted by Gasteiger charge is 2.05. The zero-order valence-corrected chi connectivity index (χ0v) is 9.25. The van der Waals surface area contributed by atoms with Gasteiger partial charge in [-0.1, -0.05) is 29.3 Å². The summed E-state index contributed by atoms with van der Waals surface area (Å²) in [5, 5.41) is 1.08. The number of hydrogen-bond acceptors (Lipinski definition) is 2. The molecule has 0 aliphatic carbocycles. The van der Waals surface area contributed by atoms with Crippen molar-refractivity contribution in [2.75, 3.05) is 7.11 Å². The molecule has 0 aromatic heterocycles. The minimum atomic E-state index is -1.32. The van der Waals surface area contributed by atoms with Crippen molar-refractivity contribution in [1.29, 1.82) is 0 Å². The summed E-state index contributed by atoms with van der Waals surface area (Å²) in [6.07, 6.45) is 0. The molecule has 0 N–H and O–H groups in total. The molecule has 0 aliphatic heterocycles. The van der Waals surface area contributed by atoms with Gasteiger partial charge >= 0.3 is 0 Å². The van der Waals surface area contributed by atoms with E-state index < -0.39 is 11.1 Å². The first-order valence-corrected chi connectivity index (χ1v) is 5.50. The summed E-state index contributed by atoms with van der Waals surface area (Å²) in [6.45, 7) is 0. The molecule has 0 bridgehead atoms. The highest BCUT2D eigenvalue weighted by Crippen LogP contribution is 2.22. The SMILES string of the molecule is COS(=O)Cc1ccc(Cl)cc1Cl. The Labute approximate surface area is 89.5 Å². The molecular weight excluding hydrogens is 231 g/mol. The van der Waals surface area contributed by atoms with Crippen LogP contribution in [-0.2, 0) is 21.0 Å². The molecule has 0 saturated heterocycles. The van der Waals surface area contributed by atoms with E-state index in [4.69, 9.17) is 23.2 Å². The third kappa shape index (κ3) is 3.27. The van der Waals surface area contributed by atoms with E-state index in [2.05, 4.69) is 4.18 Å². The van der Waals surface area contributed by atoms with Crippen molar-refractivity contribution in [3.8, 4) is 0 Å². The summed E-state index contributed by atoms with van der Waals surface area (Å²) in [5.41, 5.74) is 0.770. The Kier molecular flexibility index (Phi) is 4.19. The van der Waals surface area contributed by atoms with E-state index in [1.165, 1.54) is 7.11 Å². The lowest BCUT2D eigenvalue weighted by Gasteiger charge is -2.02. The van der Waals surface area contributed by atoms with Crippen LogP contribution in [-0.4, -0.2) is 11.3 Å². The lowest BCUT2D eigenvalue weighted by atomic mass is 10.2. The second-order valence-electron chi connectivity index (χ2n) is 2.35. The van der Waals surface area contributed by atoms with E-state index in [1.54, 1.807) is 18.2 Å². The maximum Gasteiger partial charge on any atom is 0.159 e. The highest BCUT2D eigenvalue weighted by atomic mass is 35.5. The van der Waals surface area contributed by atoms with Crippen molar-refractivity contribution in [2.45, 2.75) is 5.75 Å².